The number of piperazine rings is 1. The number of nitrogens with zero attached hydrogens (tertiary/aromatic N) is 6. The largest absolute Gasteiger partial charge is 0.469 e. The Morgan fingerprint density at radius 3 is 2.52 bits per heavy atom. The van der Waals surface area contributed by atoms with E-state index in [0.717, 1.165) is 32.1 Å². The molecular weight excluding hydrogens is 398 g/mol. The molecule has 3 rings (SSSR count). The van der Waals surface area contributed by atoms with Gasteiger partial charge in [0.15, 0.2) is 5.96 Å². The number of likely N-dealkylation sites (tertiary alicyclic amines) is 1. The molecular formula is C21H33N7O3. The number of carbonyl (C=O) groups excluding carboxylic acids is 2. The van der Waals surface area contributed by atoms with Crippen LogP contribution in [0.5, 0.6) is 0 Å². The average Bonchev–Trinajstić information content (AvgIpc) is 3.20. The lowest BCUT2D eigenvalue weighted by molar-refractivity contribution is -0.146. The molecule has 3 heterocycles. The summed E-state index contributed by atoms with van der Waals surface area (Å²) in [6.45, 7) is 9.28. The van der Waals surface area contributed by atoms with Gasteiger partial charge in [0.2, 0.25) is 11.9 Å². The molecule has 1 N–H and O–H groups in total. The first kappa shape index (κ1) is 22.8. The molecule has 0 saturated carbocycles. The van der Waals surface area contributed by atoms with Crippen LogP contribution in [0.3, 0.4) is 0 Å². The quantitative estimate of drug-likeness (QED) is 0.388. The van der Waals surface area contributed by atoms with Crippen LogP contribution in [0.1, 0.15) is 20.3 Å². The Hall–Kier alpha value is -2.91. The van der Waals surface area contributed by atoms with Gasteiger partial charge in [-0.25, -0.2) is 9.97 Å². The zero-order valence-corrected chi connectivity index (χ0v) is 18.7. The summed E-state index contributed by atoms with van der Waals surface area (Å²) in [5, 5.41) is 3.28. The van der Waals surface area contributed by atoms with E-state index >= 15 is 0 Å². The van der Waals surface area contributed by atoms with Crippen molar-refractivity contribution in [2.24, 2.45) is 16.8 Å². The van der Waals surface area contributed by atoms with Crippen molar-refractivity contribution in [3.8, 4) is 0 Å². The SMILES string of the molecule is CCNC(=NCCC(=O)N1CCN(c2ncccn2)CC1)N1CC(C)C(C(=O)OC)C1. The number of amides is 1. The van der Waals surface area contributed by atoms with E-state index in [1.165, 1.54) is 7.11 Å². The molecule has 1 amide bonds. The second-order valence-electron chi connectivity index (χ2n) is 7.91. The van der Waals surface area contributed by atoms with Crippen LogP contribution in [0.15, 0.2) is 23.5 Å². The molecule has 0 aromatic carbocycles. The molecule has 10 heteroatoms. The highest BCUT2D eigenvalue weighted by Gasteiger charge is 2.36. The molecule has 10 nitrogen and oxygen atoms in total. The number of rotatable bonds is 6. The topological polar surface area (TPSA) is 103 Å². The van der Waals surface area contributed by atoms with Crippen LogP contribution in [-0.4, -0.2) is 97.1 Å². The van der Waals surface area contributed by atoms with Gasteiger partial charge >= 0.3 is 5.97 Å². The monoisotopic (exact) mass is 431 g/mol. The third-order valence-electron chi connectivity index (χ3n) is 5.81. The maximum atomic E-state index is 12.6. The minimum absolute atomic E-state index is 0.107. The van der Waals surface area contributed by atoms with Crippen molar-refractivity contribution in [1.82, 2.24) is 25.1 Å². The third kappa shape index (κ3) is 5.83. The summed E-state index contributed by atoms with van der Waals surface area (Å²) in [7, 11) is 1.43. The Labute approximate surface area is 183 Å². The first-order valence-electron chi connectivity index (χ1n) is 10.9. The lowest BCUT2D eigenvalue weighted by Crippen LogP contribution is -2.49. The third-order valence-corrected chi connectivity index (χ3v) is 5.81. The second-order valence-corrected chi connectivity index (χ2v) is 7.91. The van der Waals surface area contributed by atoms with E-state index in [4.69, 9.17) is 4.74 Å². The number of esters is 1. The fraction of sp³-hybridized carbons (Fsp3) is 0.667. The number of hydrogen-bond acceptors (Lipinski definition) is 7. The van der Waals surface area contributed by atoms with Gasteiger partial charge in [0.05, 0.1) is 19.6 Å². The summed E-state index contributed by atoms with van der Waals surface area (Å²) < 4.78 is 4.92. The molecule has 0 aliphatic carbocycles. The molecule has 1 aromatic rings. The van der Waals surface area contributed by atoms with E-state index in [-0.39, 0.29) is 23.7 Å². The molecule has 1 aromatic heterocycles. The standard InChI is InChI=1S/C21H33N7O3/c1-4-22-20(28-14-16(2)17(15-28)19(30)31-3)25-9-6-18(29)26-10-12-27(13-11-26)21-23-7-5-8-24-21/h5,7-8,16-17H,4,6,9-15H2,1-3H3,(H,22,25). The van der Waals surface area contributed by atoms with E-state index in [0.29, 0.717) is 38.5 Å². The predicted octanol–water partition coefficient (Wildman–Crippen LogP) is 0.222. The maximum Gasteiger partial charge on any atom is 0.310 e. The van der Waals surface area contributed by atoms with Crippen molar-refractivity contribution in [3.05, 3.63) is 18.5 Å². The fourth-order valence-electron chi connectivity index (χ4n) is 4.05. The first-order valence-corrected chi connectivity index (χ1v) is 10.9. The van der Waals surface area contributed by atoms with E-state index in [9.17, 15) is 9.59 Å². The lowest BCUT2D eigenvalue weighted by Gasteiger charge is -2.34. The minimum Gasteiger partial charge on any atom is -0.469 e. The summed E-state index contributed by atoms with van der Waals surface area (Å²) in [5.74, 6) is 1.43. The summed E-state index contributed by atoms with van der Waals surface area (Å²) in [6.07, 6.45) is 3.82. The van der Waals surface area contributed by atoms with Gasteiger partial charge in [-0.15, -0.1) is 0 Å². The van der Waals surface area contributed by atoms with Crippen LogP contribution in [0.2, 0.25) is 0 Å². The van der Waals surface area contributed by atoms with Crippen molar-refractivity contribution in [3.63, 3.8) is 0 Å². The highest BCUT2D eigenvalue weighted by Crippen LogP contribution is 2.24. The number of anilines is 1. The summed E-state index contributed by atoms with van der Waals surface area (Å²) in [5.41, 5.74) is 0. The van der Waals surface area contributed by atoms with Crippen molar-refractivity contribution >= 4 is 23.8 Å². The van der Waals surface area contributed by atoms with Gasteiger partial charge in [-0.05, 0) is 18.9 Å². The van der Waals surface area contributed by atoms with Gasteiger partial charge in [-0.1, -0.05) is 6.92 Å². The number of carbonyl (C=O) groups is 2. The molecule has 2 fully saturated rings. The Balaban J connectivity index is 1.49. The molecule has 0 spiro atoms. The van der Waals surface area contributed by atoms with Crippen LogP contribution >= 0.6 is 0 Å². The van der Waals surface area contributed by atoms with Crippen LogP contribution < -0.4 is 10.2 Å². The molecule has 2 aliphatic rings. The van der Waals surface area contributed by atoms with E-state index in [2.05, 4.69) is 37.0 Å². The summed E-state index contributed by atoms with van der Waals surface area (Å²) in [4.78, 5) is 43.9. The number of nitrogens with one attached hydrogen (secondary N) is 1. The maximum absolute atomic E-state index is 12.6. The first-order chi connectivity index (χ1) is 15.0. The Bertz CT molecular complexity index is 765. The Morgan fingerprint density at radius 1 is 1.16 bits per heavy atom. The molecule has 2 saturated heterocycles. The summed E-state index contributed by atoms with van der Waals surface area (Å²) >= 11 is 0. The highest BCUT2D eigenvalue weighted by atomic mass is 16.5. The van der Waals surface area contributed by atoms with Crippen molar-refractivity contribution in [1.29, 1.82) is 0 Å². The van der Waals surface area contributed by atoms with Gasteiger partial charge in [0.25, 0.3) is 0 Å². The minimum atomic E-state index is -0.180. The van der Waals surface area contributed by atoms with Crippen LogP contribution in [-0.2, 0) is 14.3 Å². The predicted molar refractivity (Wildman–Crippen MR) is 118 cm³/mol. The molecule has 170 valence electrons. The van der Waals surface area contributed by atoms with Gasteiger partial charge < -0.3 is 24.8 Å². The molecule has 2 unspecified atom stereocenters. The zero-order chi connectivity index (χ0) is 22.2. The summed E-state index contributed by atoms with van der Waals surface area (Å²) in [6, 6.07) is 1.80. The van der Waals surface area contributed by atoms with Gasteiger partial charge in [-0.2, -0.15) is 0 Å². The van der Waals surface area contributed by atoms with Gasteiger partial charge in [-0.3, -0.25) is 14.6 Å². The van der Waals surface area contributed by atoms with E-state index in [1.54, 1.807) is 18.5 Å². The number of guanidine groups is 1. The number of hydrogen-bond donors (Lipinski definition) is 1. The van der Waals surface area contributed by atoms with Crippen molar-refractivity contribution in [2.45, 2.75) is 20.3 Å². The van der Waals surface area contributed by atoms with E-state index < -0.39 is 0 Å². The molecule has 31 heavy (non-hydrogen) atoms. The fourth-order valence-corrected chi connectivity index (χ4v) is 4.05. The van der Waals surface area contributed by atoms with Crippen LogP contribution in [0.25, 0.3) is 0 Å². The van der Waals surface area contributed by atoms with Crippen LogP contribution in [0, 0.1) is 11.8 Å². The lowest BCUT2D eigenvalue weighted by atomic mass is 9.99. The Morgan fingerprint density at radius 2 is 1.87 bits per heavy atom. The number of aliphatic imine (C=N–C) groups is 1. The van der Waals surface area contributed by atoms with Gasteiger partial charge in [0.1, 0.15) is 0 Å². The average molecular weight is 432 g/mol. The highest BCUT2D eigenvalue weighted by molar-refractivity contribution is 5.83. The number of ether oxygens (including phenoxy) is 1. The van der Waals surface area contributed by atoms with E-state index in [1.807, 2.05) is 11.8 Å². The molecule has 0 radical (unpaired) electrons. The van der Waals surface area contributed by atoms with Crippen molar-refractivity contribution in [2.75, 3.05) is 64.4 Å². The molecule has 0 bridgehead atoms. The zero-order valence-electron chi connectivity index (χ0n) is 18.7. The smallest absolute Gasteiger partial charge is 0.310 e. The molecule has 2 atom stereocenters. The molecule has 2 aliphatic heterocycles. The van der Waals surface area contributed by atoms with Crippen LogP contribution in [0.4, 0.5) is 5.95 Å². The Kier molecular flexibility index (Phi) is 8.02. The number of methoxy groups -OCH3 is 1. The normalized spacial score (nSPS) is 21.9. The number of aromatic nitrogens is 2. The van der Waals surface area contributed by atoms with Crippen molar-refractivity contribution < 1.29 is 14.3 Å². The second kappa shape index (κ2) is 10.9. The van der Waals surface area contributed by atoms with Gasteiger partial charge in [0, 0.05) is 64.6 Å².